The summed E-state index contributed by atoms with van der Waals surface area (Å²) in [6.07, 6.45) is 5.23. The van der Waals surface area contributed by atoms with Crippen LogP contribution >= 0.6 is 0 Å². The zero-order valence-electron chi connectivity index (χ0n) is 14.6. The first kappa shape index (κ1) is 19.4. The van der Waals surface area contributed by atoms with Crippen LogP contribution in [0.5, 0.6) is 0 Å². The van der Waals surface area contributed by atoms with Gasteiger partial charge < -0.3 is 0 Å². The van der Waals surface area contributed by atoms with Gasteiger partial charge in [-0.15, -0.1) is 0 Å². The predicted octanol–water partition coefficient (Wildman–Crippen LogP) is 5.20. The van der Waals surface area contributed by atoms with Crippen LogP contribution in [0.1, 0.15) is 39.5 Å². The Hall–Kier alpha value is -0.921. The van der Waals surface area contributed by atoms with Crippen molar-refractivity contribution in [3.63, 3.8) is 0 Å². The SMILES string of the molecule is CCCC[Se]c1ccc(N=Nc2ccc([Se]CCCC)cc2)cc1. The zero-order valence-corrected chi connectivity index (χ0v) is 18.0. The van der Waals surface area contributed by atoms with Crippen molar-refractivity contribution >= 4 is 50.2 Å². The molecule has 128 valence electrons. The molecule has 2 nitrogen and oxygen atoms in total. The van der Waals surface area contributed by atoms with Crippen molar-refractivity contribution in [2.75, 3.05) is 0 Å². The van der Waals surface area contributed by atoms with E-state index in [-0.39, 0.29) is 0 Å². The summed E-state index contributed by atoms with van der Waals surface area (Å²) in [4.78, 5) is 0. The van der Waals surface area contributed by atoms with Gasteiger partial charge in [0.25, 0.3) is 0 Å². The van der Waals surface area contributed by atoms with Crippen molar-refractivity contribution in [2.45, 2.75) is 50.2 Å². The van der Waals surface area contributed by atoms with Crippen LogP contribution in [-0.4, -0.2) is 29.9 Å². The first-order chi connectivity index (χ1) is 11.8. The number of nitrogens with zero attached hydrogens (tertiary/aromatic N) is 2. The molecule has 0 saturated carbocycles. The molecule has 0 aliphatic carbocycles. The van der Waals surface area contributed by atoms with Crippen LogP contribution in [0.3, 0.4) is 0 Å². The number of benzene rings is 2. The topological polar surface area (TPSA) is 24.7 Å². The van der Waals surface area contributed by atoms with E-state index in [9.17, 15) is 0 Å². The molecule has 2 aromatic carbocycles. The van der Waals surface area contributed by atoms with Crippen molar-refractivity contribution in [1.29, 1.82) is 0 Å². The van der Waals surface area contributed by atoms with Gasteiger partial charge in [0.1, 0.15) is 0 Å². The van der Waals surface area contributed by atoms with Gasteiger partial charge in [-0.25, -0.2) is 0 Å². The van der Waals surface area contributed by atoms with Gasteiger partial charge in [0.2, 0.25) is 0 Å². The minimum absolute atomic E-state index is 0.598. The molecule has 0 aliphatic heterocycles. The van der Waals surface area contributed by atoms with E-state index in [2.05, 4.69) is 72.6 Å². The average Bonchev–Trinajstić information content (AvgIpc) is 2.63. The van der Waals surface area contributed by atoms with Crippen LogP contribution in [0, 0.1) is 0 Å². The van der Waals surface area contributed by atoms with E-state index < -0.39 is 0 Å². The van der Waals surface area contributed by atoms with Crippen LogP contribution < -0.4 is 8.92 Å². The molecule has 0 saturated heterocycles. The average molecular weight is 452 g/mol. The van der Waals surface area contributed by atoms with Gasteiger partial charge in [-0.1, -0.05) is 0 Å². The monoisotopic (exact) mass is 454 g/mol. The molecule has 0 bridgehead atoms. The number of hydrogen-bond acceptors (Lipinski definition) is 2. The fourth-order valence-corrected chi connectivity index (χ4v) is 6.19. The molecule has 24 heavy (non-hydrogen) atoms. The number of unbranched alkanes of at least 4 members (excludes halogenated alkanes) is 2. The maximum absolute atomic E-state index is 4.36. The third kappa shape index (κ3) is 7.32. The van der Waals surface area contributed by atoms with E-state index in [0.29, 0.717) is 29.9 Å². The van der Waals surface area contributed by atoms with Gasteiger partial charge >= 0.3 is 159 Å². The number of azo groups is 1. The molecule has 0 atom stereocenters. The Kier molecular flexibility index (Phi) is 9.38. The summed E-state index contributed by atoms with van der Waals surface area (Å²) in [6, 6.07) is 17.1. The summed E-state index contributed by atoms with van der Waals surface area (Å²) in [5, 5.41) is 11.4. The summed E-state index contributed by atoms with van der Waals surface area (Å²) >= 11 is 1.20. The molecular weight excluding hydrogens is 426 g/mol. The maximum atomic E-state index is 4.36. The van der Waals surface area contributed by atoms with Crippen molar-refractivity contribution in [2.24, 2.45) is 10.2 Å². The Morgan fingerprint density at radius 3 is 1.33 bits per heavy atom. The summed E-state index contributed by atoms with van der Waals surface area (Å²) in [7, 11) is 0. The summed E-state index contributed by atoms with van der Waals surface area (Å²) in [5.74, 6) is 0. The van der Waals surface area contributed by atoms with Crippen molar-refractivity contribution < 1.29 is 0 Å². The molecule has 0 aromatic heterocycles. The number of hydrogen-bond donors (Lipinski definition) is 0. The molecule has 0 fully saturated rings. The van der Waals surface area contributed by atoms with E-state index in [1.165, 1.54) is 45.2 Å². The fraction of sp³-hybridized carbons (Fsp3) is 0.400. The Balaban J connectivity index is 1.86. The van der Waals surface area contributed by atoms with Crippen molar-refractivity contribution in [1.82, 2.24) is 0 Å². The molecule has 0 unspecified atom stereocenters. The van der Waals surface area contributed by atoms with E-state index in [1.54, 1.807) is 0 Å². The Morgan fingerprint density at radius 2 is 1.00 bits per heavy atom. The second kappa shape index (κ2) is 11.6. The van der Waals surface area contributed by atoms with Crippen LogP contribution in [0.15, 0.2) is 58.8 Å². The van der Waals surface area contributed by atoms with Crippen LogP contribution in [0.25, 0.3) is 0 Å². The summed E-state index contributed by atoms with van der Waals surface area (Å²) in [5.41, 5.74) is 1.86. The molecule has 0 spiro atoms. The second-order valence-electron chi connectivity index (χ2n) is 5.59. The van der Waals surface area contributed by atoms with Crippen molar-refractivity contribution in [3.8, 4) is 0 Å². The van der Waals surface area contributed by atoms with Gasteiger partial charge in [-0.05, 0) is 0 Å². The Bertz CT molecular complexity index is 551. The van der Waals surface area contributed by atoms with Crippen LogP contribution in [0.4, 0.5) is 11.4 Å². The van der Waals surface area contributed by atoms with Gasteiger partial charge in [0.05, 0.1) is 0 Å². The van der Waals surface area contributed by atoms with E-state index in [0.717, 1.165) is 11.4 Å². The third-order valence-electron chi connectivity index (χ3n) is 3.49. The quantitative estimate of drug-likeness (QED) is 0.269. The molecule has 0 radical (unpaired) electrons. The van der Waals surface area contributed by atoms with Gasteiger partial charge in [0.15, 0.2) is 0 Å². The van der Waals surface area contributed by atoms with E-state index in [4.69, 9.17) is 0 Å². The van der Waals surface area contributed by atoms with E-state index >= 15 is 0 Å². The molecule has 0 heterocycles. The van der Waals surface area contributed by atoms with E-state index in [1.807, 2.05) is 0 Å². The Morgan fingerprint density at radius 1 is 0.625 bits per heavy atom. The second-order valence-corrected chi connectivity index (χ2v) is 10.5. The third-order valence-corrected chi connectivity index (χ3v) is 8.10. The molecule has 0 aliphatic rings. The fourth-order valence-electron chi connectivity index (χ4n) is 2.00. The summed E-state index contributed by atoms with van der Waals surface area (Å²) < 4.78 is 2.90. The molecule has 2 aromatic rings. The van der Waals surface area contributed by atoms with Gasteiger partial charge in [-0.3, -0.25) is 0 Å². The first-order valence-corrected chi connectivity index (χ1v) is 12.8. The molecular formula is C20H26N2Se2. The van der Waals surface area contributed by atoms with Crippen molar-refractivity contribution in [3.05, 3.63) is 48.5 Å². The molecule has 4 heteroatoms. The zero-order chi connectivity index (χ0) is 17.0. The predicted molar refractivity (Wildman–Crippen MR) is 107 cm³/mol. The van der Waals surface area contributed by atoms with Gasteiger partial charge in [0, 0.05) is 0 Å². The summed E-state index contributed by atoms with van der Waals surface area (Å²) in [6.45, 7) is 4.50. The normalized spacial score (nSPS) is 11.2. The Labute approximate surface area is 158 Å². The minimum atomic E-state index is 0.598. The molecule has 0 amide bonds. The molecule has 0 N–H and O–H groups in total. The number of rotatable bonds is 10. The first-order valence-electron chi connectivity index (χ1n) is 8.69. The molecule has 2 rings (SSSR count). The van der Waals surface area contributed by atoms with Gasteiger partial charge in [-0.2, -0.15) is 0 Å². The van der Waals surface area contributed by atoms with Crippen LogP contribution in [0.2, 0.25) is 10.6 Å². The van der Waals surface area contributed by atoms with Crippen LogP contribution in [-0.2, 0) is 0 Å². The standard InChI is InChI=1S/C20H26N2Se2/c1-3-5-15-23-19-11-7-17(8-12-19)21-22-18-9-13-20(14-10-18)24-16-6-4-2/h7-14H,3-6,15-16H2,1-2H3.